The summed E-state index contributed by atoms with van der Waals surface area (Å²) in [6, 6.07) is 0.426. The van der Waals surface area contributed by atoms with Gasteiger partial charge in [-0.25, -0.2) is 4.98 Å². The zero-order chi connectivity index (χ0) is 16.0. The summed E-state index contributed by atoms with van der Waals surface area (Å²) in [5.74, 6) is -0.208. The number of carboxylic acid groups (broad SMARTS) is 1. The third-order valence-electron chi connectivity index (χ3n) is 6.06. The number of hydrogen-bond acceptors (Lipinski definition) is 5. The van der Waals surface area contributed by atoms with Crippen molar-refractivity contribution in [1.29, 1.82) is 0 Å². The predicted molar refractivity (Wildman–Crippen MR) is 89.4 cm³/mol. The number of aliphatic carboxylic acids is 1. The van der Waals surface area contributed by atoms with E-state index < -0.39 is 5.97 Å². The van der Waals surface area contributed by atoms with Crippen molar-refractivity contribution >= 4 is 17.3 Å². The molecule has 2 heterocycles. The third kappa shape index (κ3) is 3.04. The summed E-state index contributed by atoms with van der Waals surface area (Å²) >= 11 is 1.72. The van der Waals surface area contributed by atoms with Crippen LogP contribution in [-0.4, -0.2) is 58.1 Å². The van der Waals surface area contributed by atoms with Crippen molar-refractivity contribution < 1.29 is 9.90 Å². The molecule has 2 saturated carbocycles. The minimum atomic E-state index is -0.614. The minimum Gasteiger partial charge on any atom is -0.480 e. The molecule has 1 aromatic heterocycles. The number of nitrogens with zero attached hydrogens (tertiary/aromatic N) is 3. The lowest BCUT2D eigenvalue weighted by atomic mass is 9.91. The summed E-state index contributed by atoms with van der Waals surface area (Å²) in [5, 5.41) is 12.7. The van der Waals surface area contributed by atoms with Crippen molar-refractivity contribution in [2.75, 3.05) is 20.1 Å². The maximum atomic E-state index is 11.6. The molecule has 3 aliphatic rings. The first-order chi connectivity index (χ1) is 11.1. The molecule has 4 rings (SSSR count). The third-order valence-corrected chi connectivity index (χ3v) is 6.82. The molecule has 1 spiro atoms. The van der Waals surface area contributed by atoms with E-state index in [1.807, 2.05) is 11.6 Å². The Morgan fingerprint density at radius 3 is 2.83 bits per heavy atom. The van der Waals surface area contributed by atoms with Crippen LogP contribution in [0.1, 0.15) is 37.1 Å². The molecule has 1 N–H and O–H groups in total. The summed E-state index contributed by atoms with van der Waals surface area (Å²) in [7, 11) is 2.21. The van der Waals surface area contributed by atoms with Crippen LogP contribution in [0.15, 0.2) is 11.6 Å². The highest BCUT2D eigenvalue weighted by Crippen LogP contribution is 2.57. The molecule has 1 saturated heterocycles. The molecule has 0 radical (unpaired) electrons. The van der Waals surface area contributed by atoms with E-state index in [2.05, 4.69) is 21.8 Å². The van der Waals surface area contributed by atoms with E-state index in [1.54, 1.807) is 11.3 Å². The van der Waals surface area contributed by atoms with E-state index in [9.17, 15) is 9.90 Å². The fraction of sp³-hybridized carbons (Fsp3) is 0.765. The molecule has 0 bridgehead atoms. The number of likely N-dealkylation sites (tertiary alicyclic amines) is 1. The Kier molecular flexibility index (Phi) is 3.94. The van der Waals surface area contributed by atoms with Crippen LogP contribution in [0, 0.1) is 11.3 Å². The number of piperidine rings is 1. The average Bonchev–Trinajstić information content (AvgIpc) is 3.41. The standard InChI is InChI=1S/C17H25N3O2S/c1-19(11-14-18-6-9-23-14)13-10-17(13)4-7-20(8-5-17)15(16(21)22)12-2-3-12/h6,9,12-13,15H,2-5,7-8,10-11H2,1H3,(H,21,22). The van der Waals surface area contributed by atoms with Gasteiger partial charge >= 0.3 is 5.97 Å². The van der Waals surface area contributed by atoms with Crippen LogP contribution in [0.25, 0.3) is 0 Å². The SMILES string of the molecule is CN(Cc1nccs1)C1CC12CCN(C(C(=O)O)C1CC1)CC2. The van der Waals surface area contributed by atoms with Crippen molar-refractivity contribution in [3.05, 3.63) is 16.6 Å². The summed E-state index contributed by atoms with van der Waals surface area (Å²) in [4.78, 5) is 20.6. The Hall–Kier alpha value is -0.980. The molecule has 126 valence electrons. The van der Waals surface area contributed by atoms with Crippen LogP contribution in [0.2, 0.25) is 0 Å². The highest BCUT2D eigenvalue weighted by molar-refractivity contribution is 7.09. The largest absolute Gasteiger partial charge is 0.480 e. The van der Waals surface area contributed by atoms with Crippen LogP contribution >= 0.6 is 11.3 Å². The zero-order valence-corrected chi connectivity index (χ0v) is 14.5. The number of thiazole rings is 1. The lowest BCUT2D eigenvalue weighted by Crippen LogP contribution is -2.48. The highest BCUT2D eigenvalue weighted by Gasteiger charge is 2.57. The lowest BCUT2D eigenvalue weighted by Gasteiger charge is -2.37. The van der Waals surface area contributed by atoms with Crippen molar-refractivity contribution in [2.45, 2.75) is 50.7 Å². The summed E-state index contributed by atoms with van der Waals surface area (Å²) in [6.45, 7) is 2.84. The van der Waals surface area contributed by atoms with E-state index in [4.69, 9.17) is 0 Å². The normalized spacial score (nSPS) is 28.2. The summed E-state index contributed by atoms with van der Waals surface area (Å²) in [5.41, 5.74) is 0.440. The Labute approximate surface area is 141 Å². The van der Waals surface area contributed by atoms with E-state index in [0.717, 1.165) is 45.3 Å². The smallest absolute Gasteiger partial charge is 0.321 e. The van der Waals surface area contributed by atoms with E-state index in [1.165, 1.54) is 11.4 Å². The topological polar surface area (TPSA) is 56.7 Å². The van der Waals surface area contributed by atoms with E-state index >= 15 is 0 Å². The quantitative estimate of drug-likeness (QED) is 0.864. The maximum Gasteiger partial charge on any atom is 0.321 e. The molecule has 6 heteroatoms. The van der Waals surface area contributed by atoms with Gasteiger partial charge in [-0.2, -0.15) is 0 Å². The monoisotopic (exact) mass is 335 g/mol. The van der Waals surface area contributed by atoms with Gasteiger partial charge in [0.15, 0.2) is 0 Å². The molecular weight excluding hydrogens is 310 g/mol. The van der Waals surface area contributed by atoms with Gasteiger partial charge in [0.1, 0.15) is 11.0 Å². The summed E-state index contributed by atoms with van der Waals surface area (Å²) in [6.07, 6.45) is 7.63. The van der Waals surface area contributed by atoms with Crippen LogP contribution < -0.4 is 0 Å². The fourth-order valence-electron chi connectivity index (χ4n) is 4.46. The van der Waals surface area contributed by atoms with Gasteiger partial charge in [-0.05, 0) is 63.6 Å². The number of carboxylic acids is 1. The van der Waals surface area contributed by atoms with Crippen molar-refractivity contribution in [3.63, 3.8) is 0 Å². The fourth-order valence-corrected chi connectivity index (χ4v) is 5.14. The lowest BCUT2D eigenvalue weighted by molar-refractivity contribution is -0.145. The van der Waals surface area contributed by atoms with Gasteiger partial charge in [0, 0.05) is 17.6 Å². The Morgan fingerprint density at radius 2 is 2.26 bits per heavy atom. The van der Waals surface area contributed by atoms with Gasteiger partial charge in [0.2, 0.25) is 0 Å². The molecule has 23 heavy (non-hydrogen) atoms. The van der Waals surface area contributed by atoms with Crippen molar-refractivity contribution in [2.24, 2.45) is 11.3 Å². The Morgan fingerprint density at radius 1 is 1.52 bits per heavy atom. The minimum absolute atomic E-state index is 0.224. The second kappa shape index (κ2) is 5.83. The molecule has 2 atom stereocenters. The number of rotatable bonds is 6. The van der Waals surface area contributed by atoms with Crippen LogP contribution in [0.3, 0.4) is 0 Å². The molecule has 1 aliphatic heterocycles. The number of carbonyl (C=O) groups is 1. The van der Waals surface area contributed by atoms with E-state index in [-0.39, 0.29) is 6.04 Å². The van der Waals surface area contributed by atoms with Gasteiger partial charge in [-0.3, -0.25) is 14.6 Å². The molecular formula is C17H25N3O2S. The molecule has 0 amide bonds. The first kappa shape index (κ1) is 15.5. The highest BCUT2D eigenvalue weighted by atomic mass is 32.1. The Bertz CT molecular complexity index is 564. The first-order valence-corrected chi connectivity index (χ1v) is 9.52. The second-order valence-corrected chi connectivity index (χ2v) is 8.56. The predicted octanol–water partition coefficient (Wildman–Crippen LogP) is 2.29. The summed E-state index contributed by atoms with van der Waals surface area (Å²) < 4.78 is 0. The zero-order valence-electron chi connectivity index (χ0n) is 13.6. The molecule has 3 fully saturated rings. The maximum absolute atomic E-state index is 11.6. The van der Waals surface area contributed by atoms with E-state index in [0.29, 0.717) is 17.4 Å². The number of aromatic nitrogens is 1. The van der Waals surface area contributed by atoms with Gasteiger partial charge in [0.25, 0.3) is 0 Å². The van der Waals surface area contributed by atoms with Crippen LogP contribution in [-0.2, 0) is 11.3 Å². The molecule has 5 nitrogen and oxygen atoms in total. The van der Waals surface area contributed by atoms with Crippen molar-refractivity contribution in [3.8, 4) is 0 Å². The molecule has 2 unspecified atom stereocenters. The second-order valence-electron chi connectivity index (χ2n) is 7.58. The van der Waals surface area contributed by atoms with Gasteiger partial charge in [-0.15, -0.1) is 11.3 Å². The van der Waals surface area contributed by atoms with Gasteiger partial charge in [-0.1, -0.05) is 0 Å². The first-order valence-electron chi connectivity index (χ1n) is 8.64. The van der Waals surface area contributed by atoms with Crippen LogP contribution in [0.4, 0.5) is 0 Å². The van der Waals surface area contributed by atoms with Crippen molar-refractivity contribution in [1.82, 2.24) is 14.8 Å². The van der Waals surface area contributed by atoms with Gasteiger partial charge < -0.3 is 5.11 Å². The number of hydrogen-bond donors (Lipinski definition) is 1. The van der Waals surface area contributed by atoms with Crippen LogP contribution in [0.5, 0.6) is 0 Å². The molecule has 2 aliphatic carbocycles. The molecule has 0 aromatic carbocycles. The Balaban J connectivity index is 1.32. The average molecular weight is 335 g/mol. The van der Waals surface area contributed by atoms with Gasteiger partial charge in [0.05, 0.1) is 6.54 Å². The molecule has 1 aromatic rings.